The van der Waals surface area contributed by atoms with E-state index in [4.69, 9.17) is 9.47 Å². The highest BCUT2D eigenvalue weighted by molar-refractivity contribution is 5.95. The third-order valence-corrected chi connectivity index (χ3v) is 7.84. The number of methoxy groups -OCH3 is 1. The fourth-order valence-corrected chi connectivity index (χ4v) is 5.66. The number of piperazine rings is 1. The lowest BCUT2D eigenvalue weighted by molar-refractivity contribution is -0.134. The van der Waals surface area contributed by atoms with Crippen molar-refractivity contribution in [3.05, 3.63) is 53.5 Å². The van der Waals surface area contributed by atoms with E-state index in [1.165, 1.54) is 7.11 Å². The van der Waals surface area contributed by atoms with Crippen molar-refractivity contribution in [2.45, 2.75) is 30.3 Å². The van der Waals surface area contributed by atoms with Crippen LogP contribution >= 0.6 is 0 Å². The number of hydrogen-bond donors (Lipinski definition) is 0. The molecule has 4 aliphatic rings. The number of ether oxygens (including phenoxy) is 2. The molecule has 5 heterocycles. The van der Waals surface area contributed by atoms with Gasteiger partial charge in [0.1, 0.15) is 5.82 Å². The van der Waals surface area contributed by atoms with Gasteiger partial charge in [-0.15, -0.1) is 0 Å². The van der Waals surface area contributed by atoms with Crippen molar-refractivity contribution >= 4 is 23.8 Å². The van der Waals surface area contributed by atoms with Gasteiger partial charge in [0.15, 0.2) is 5.60 Å². The highest BCUT2D eigenvalue weighted by atomic mass is 16.6. The van der Waals surface area contributed by atoms with Crippen LogP contribution in [-0.4, -0.2) is 84.1 Å². The Balaban J connectivity index is 1.15. The summed E-state index contributed by atoms with van der Waals surface area (Å²) in [5.41, 5.74) is 0.930. The Morgan fingerprint density at radius 1 is 1.00 bits per heavy atom. The van der Waals surface area contributed by atoms with Crippen molar-refractivity contribution in [3.8, 4) is 0 Å². The van der Waals surface area contributed by atoms with Gasteiger partial charge in [-0.3, -0.25) is 9.78 Å². The summed E-state index contributed by atoms with van der Waals surface area (Å²) in [6, 6.07) is 5.79. The Bertz CT molecular complexity index is 1190. The second-order valence-electron chi connectivity index (χ2n) is 9.71. The molecule has 2 amide bonds. The highest BCUT2D eigenvalue weighted by Gasteiger charge is 2.58. The third kappa shape index (κ3) is 3.42. The summed E-state index contributed by atoms with van der Waals surface area (Å²) < 4.78 is 10.6. The second kappa shape index (κ2) is 7.93. The number of carbonyl (C=O) groups is 3. The largest absolute Gasteiger partial charge is 0.453 e. The number of carbonyl (C=O) groups excluding carboxylic acids is 3. The van der Waals surface area contributed by atoms with Crippen LogP contribution in [0.4, 0.5) is 10.6 Å². The van der Waals surface area contributed by atoms with Gasteiger partial charge in [0.05, 0.1) is 24.6 Å². The molecule has 35 heavy (non-hydrogen) atoms. The number of rotatable bonds is 3. The van der Waals surface area contributed by atoms with Crippen LogP contribution < -0.4 is 4.90 Å². The second-order valence-corrected chi connectivity index (χ2v) is 9.71. The fourth-order valence-electron chi connectivity index (χ4n) is 5.66. The summed E-state index contributed by atoms with van der Waals surface area (Å²) in [4.78, 5) is 52.1. The summed E-state index contributed by atoms with van der Waals surface area (Å²) in [7, 11) is 1.39. The topological polar surface area (TPSA) is 105 Å². The van der Waals surface area contributed by atoms with Crippen LogP contribution in [0.2, 0.25) is 0 Å². The van der Waals surface area contributed by atoms with Crippen LogP contribution in [0.1, 0.15) is 40.7 Å². The molecule has 10 heteroatoms. The van der Waals surface area contributed by atoms with Gasteiger partial charge in [-0.25, -0.2) is 14.6 Å². The molecule has 1 aliphatic carbocycles. The van der Waals surface area contributed by atoms with E-state index in [0.717, 1.165) is 29.8 Å². The van der Waals surface area contributed by atoms with Gasteiger partial charge >= 0.3 is 12.1 Å². The number of nitrogens with zero attached hydrogens (tertiary/aromatic N) is 5. The molecule has 6 rings (SSSR count). The van der Waals surface area contributed by atoms with E-state index in [-0.39, 0.29) is 18.0 Å². The predicted octanol–water partition coefficient (Wildman–Crippen LogP) is 1.69. The van der Waals surface area contributed by atoms with Gasteiger partial charge < -0.3 is 24.2 Å². The van der Waals surface area contributed by atoms with Crippen molar-refractivity contribution in [1.29, 1.82) is 0 Å². The molecule has 0 aromatic carbocycles. The number of amides is 2. The number of hydrogen-bond acceptors (Lipinski definition) is 8. The maximum Gasteiger partial charge on any atom is 0.409 e. The molecular weight excluding hydrogens is 450 g/mol. The highest BCUT2D eigenvalue weighted by Crippen LogP contribution is 2.52. The van der Waals surface area contributed by atoms with Crippen LogP contribution in [0.25, 0.3) is 0 Å². The van der Waals surface area contributed by atoms with E-state index < -0.39 is 11.0 Å². The molecule has 0 bridgehead atoms. The summed E-state index contributed by atoms with van der Waals surface area (Å²) in [6.45, 7) is 3.43. The minimum atomic E-state index is -0.768. The van der Waals surface area contributed by atoms with Crippen molar-refractivity contribution in [3.63, 3.8) is 0 Å². The third-order valence-electron chi connectivity index (χ3n) is 7.84. The van der Waals surface area contributed by atoms with Crippen LogP contribution in [0.15, 0.2) is 36.8 Å². The molecule has 3 fully saturated rings. The zero-order valence-corrected chi connectivity index (χ0v) is 19.6. The van der Waals surface area contributed by atoms with Gasteiger partial charge in [-0.05, 0) is 30.5 Å². The molecule has 182 valence electrons. The van der Waals surface area contributed by atoms with E-state index in [2.05, 4.69) is 14.9 Å². The number of esters is 1. The molecule has 10 nitrogen and oxygen atoms in total. The first-order chi connectivity index (χ1) is 17.0. The zero-order chi connectivity index (χ0) is 24.2. The molecular formula is C25H27N5O5. The van der Waals surface area contributed by atoms with E-state index in [1.54, 1.807) is 17.3 Å². The standard InChI is InChI=1S/C25H27N5O5/c1-34-23(33)29-12-10-28(11-13-29)20-3-2-17(14-27-20)24(5-6-24)22(32)30-9-7-25(16-30)19-4-8-26-15-18(19)21(31)35-25/h2-4,8,14-15H,5-7,9-13,16H2,1H3/t25-/m0/s1. The van der Waals surface area contributed by atoms with Crippen LogP contribution in [0, 0.1) is 0 Å². The molecule has 1 spiro atoms. The first-order valence-electron chi connectivity index (χ1n) is 12.0. The molecule has 2 aromatic rings. The molecule has 2 saturated heterocycles. The molecule has 0 N–H and O–H groups in total. The molecule has 1 atom stereocenters. The van der Waals surface area contributed by atoms with Crippen LogP contribution in [0.5, 0.6) is 0 Å². The number of aromatic nitrogens is 2. The monoisotopic (exact) mass is 477 g/mol. The van der Waals surface area contributed by atoms with Crippen molar-refractivity contribution in [2.75, 3.05) is 51.3 Å². The smallest absolute Gasteiger partial charge is 0.409 e. The molecule has 3 aliphatic heterocycles. The summed E-state index contributed by atoms with van der Waals surface area (Å²) in [5, 5.41) is 0. The number of likely N-dealkylation sites (tertiary alicyclic amines) is 1. The lowest BCUT2D eigenvalue weighted by Crippen LogP contribution is -2.49. The Morgan fingerprint density at radius 2 is 1.80 bits per heavy atom. The van der Waals surface area contributed by atoms with Crippen LogP contribution in [-0.2, 0) is 25.3 Å². The molecule has 0 unspecified atom stereocenters. The zero-order valence-electron chi connectivity index (χ0n) is 19.6. The first-order valence-corrected chi connectivity index (χ1v) is 12.0. The van der Waals surface area contributed by atoms with Gasteiger partial charge in [-0.2, -0.15) is 0 Å². The van der Waals surface area contributed by atoms with Gasteiger partial charge in [-0.1, -0.05) is 6.07 Å². The fraction of sp³-hybridized carbons (Fsp3) is 0.480. The molecule has 0 radical (unpaired) electrons. The minimum absolute atomic E-state index is 0.0779. The normalized spacial score (nSPS) is 24.4. The lowest BCUT2D eigenvalue weighted by Gasteiger charge is -2.34. The SMILES string of the molecule is COC(=O)N1CCN(c2ccc(C3(C(=O)N4CC[C@@]5(C4)OC(=O)c4cnccc45)CC3)cn2)CC1. The van der Waals surface area contributed by atoms with E-state index in [0.29, 0.717) is 51.3 Å². The van der Waals surface area contributed by atoms with E-state index in [1.807, 2.05) is 29.3 Å². The Hall–Kier alpha value is -3.69. The van der Waals surface area contributed by atoms with Gasteiger partial charge in [0.25, 0.3) is 0 Å². The molecule has 2 aromatic heterocycles. The van der Waals surface area contributed by atoms with Gasteiger partial charge in [0, 0.05) is 63.3 Å². The lowest BCUT2D eigenvalue weighted by atomic mass is 9.92. The van der Waals surface area contributed by atoms with Crippen molar-refractivity contribution in [1.82, 2.24) is 19.8 Å². The summed E-state index contributed by atoms with van der Waals surface area (Å²) in [6.07, 6.45) is 6.88. The Morgan fingerprint density at radius 3 is 2.49 bits per heavy atom. The maximum atomic E-state index is 13.7. The first kappa shape index (κ1) is 21.8. The summed E-state index contributed by atoms with van der Waals surface area (Å²) in [5.74, 6) is 0.551. The van der Waals surface area contributed by atoms with E-state index >= 15 is 0 Å². The maximum absolute atomic E-state index is 13.7. The Labute approximate surface area is 202 Å². The number of fused-ring (bicyclic) bond motifs is 2. The number of pyridine rings is 2. The Kier molecular flexibility index (Phi) is 4.94. The van der Waals surface area contributed by atoms with Gasteiger partial charge in [0.2, 0.25) is 5.91 Å². The van der Waals surface area contributed by atoms with E-state index in [9.17, 15) is 14.4 Å². The quantitative estimate of drug-likeness (QED) is 0.615. The predicted molar refractivity (Wildman–Crippen MR) is 124 cm³/mol. The van der Waals surface area contributed by atoms with Crippen molar-refractivity contribution in [2.24, 2.45) is 0 Å². The number of anilines is 1. The van der Waals surface area contributed by atoms with Crippen molar-refractivity contribution < 1.29 is 23.9 Å². The molecule has 1 saturated carbocycles. The summed E-state index contributed by atoms with van der Waals surface area (Å²) >= 11 is 0. The minimum Gasteiger partial charge on any atom is -0.453 e. The average molecular weight is 478 g/mol. The average Bonchev–Trinajstić information content (AvgIpc) is 3.54. The van der Waals surface area contributed by atoms with Crippen LogP contribution in [0.3, 0.4) is 0 Å².